The molecule has 0 atom stereocenters. The quantitative estimate of drug-likeness (QED) is 0.571. The van der Waals surface area contributed by atoms with Crippen molar-refractivity contribution >= 4 is 10.9 Å². The fraction of sp³-hybridized carbons (Fsp3) is 0. The molecule has 0 saturated carbocycles. The van der Waals surface area contributed by atoms with E-state index in [1.54, 1.807) is 18.5 Å². The van der Waals surface area contributed by atoms with Crippen molar-refractivity contribution in [3.05, 3.63) is 67.4 Å². The maximum absolute atomic E-state index is 4.18. The Morgan fingerprint density at radius 2 is 1.44 bits per heavy atom. The number of nitrogens with zero attached hydrogens (tertiary/aromatic N) is 3. The van der Waals surface area contributed by atoms with Gasteiger partial charge in [-0.2, -0.15) is 0 Å². The lowest BCUT2D eigenvalue weighted by molar-refractivity contribution is 1.17. The minimum Gasteiger partial charge on any atom is -0.256 e. The highest BCUT2D eigenvalue weighted by molar-refractivity contribution is 5.77. The number of hydrogen-bond donors (Lipinski definition) is 0. The van der Waals surface area contributed by atoms with Gasteiger partial charge in [-0.15, -0.1) is 0 Å². The van der Waals surface area contributed by atoms with E-state index in [9.17, 15) is 0 Å². The van der Waals surface area contributed by atoms with Crippen LogP contribution in [0.15, 0.2) is 67.4 Å². The Morgan fingerprint density at radius 3 is 2.06 bits per heavy atom. The molecule has 0 amide bonds. The van der Waals surface area contributed by atoms with Crippen molar-refractivity contribution in [2.45, 2.75) is 0 Å². The predicted octanol–water partition coefficient (Wildman–Crippen LogP) is 2.71. The molecular formula is C13H11N3. The van der Waals surface area contributed by atoms with E-state index in [0.717, 1.165) is 5.52 Å². The zero-order valence-electron chi connectivity index (χ0n) is 8.69. The highest BCUT2D eigenvalue weighted by Crippen LogP contribution is 2.07. The molecule has 1 aromatic carbocycles. The number of pyridine rings is 1. The van der Waals surface area contributed by atoms with Crippen molar-refractivity contribution in [3.63, 3.8) is 0 Å². The molecule has 3 nitrogen and oxygen atoms in total. The summed E-state index contributed by atoms with van der Waals surface area (Å²) >= 11 is 0. The summed E-state index contributed by atoms with van der Waals surface area (Å²) in [5, 5.41) is 1.20. The Morgan fingerprint density at radius 1 is 0.688 bits per heavy atom. The Bertz CT molecular complexity index is 445. The van der Waals surface area contributed by atoms with E-state index in [-0.39, 0.29) is 0 Å². The molecule has 0 unspecified atom stereocenters. The second-order valence-corrected chi connectivity index (χ2v) is 3.10. The monoisotopic (exact) mass is 209 g/mol. The van der Waals surface area contributed by atoms with Crippen LogP contribution in [0.25, 0.3) is 10.9 Å². The zero-order chi connectivity index (χ0) is 11.1. The fourth-order valence-electron chi connectivity index (χ4n) is 1.27. The second kappa shape index (κ2) is 5.56. The van der Waals surface area contributed by atoms with Crippen LogP contribution >= 0.6 is 0 Å². The van der Waals surface area contributed by atoms with Crippen LogP contribution in [0.4, 0.5) is 0 Å². The number of benzene rings is 1. The molecule has 0 saturated heterocycles. The normalized spacial score (nSPS) is 9.25. The van der Waals surface area contributed by atoms with Crippen molar-refractivity contribution < 1.29 is 0 Å². The number of para-hydroxylation sites is 1. The minimum absolute atomic E-state index is 1.06. The molecule has 3 aromatic rings. The average molecular weight is 209 g/mol. The van der Waals surface area contributed by atoms with Gasteiger partial charge in [-0.25, -0.2) is 9.97 Å². The first kappa shape index (κ1) is 10.2. The number of fused-ring (bicyclic) bond motifs is 1. The van der Waals surface area contributed by atoms with Crippen LogP contribution in [0.3, 0.4) is 0 Å². The van der Waals surface area contributed by atoms with Crippen molar-refractivity contribution in [2.75, 3.05) is 0 Å². The van der Waals surface area contributed by atoms with Crippen LogP contribution in [0.2, 0.25) is 0 Å². The topological polar surface area (TPSA) is 38.7 Å². The average Bonchev–Trinajstić information content (AvgIpc) is 2.42. The molecule has 0 spiro atoms. The SMILES string of the molecule is c1ccc2ncccc2c1.c1cncnc1. The maximum atomic E-state index is 4.18. The van der Waals surface area contributed by atoms with Crippen LogP contribution in [0, 0.1) is 0 Å². The summed E-state index contributed by atoms with van der Waals surface area (Å²) in [6, 6.07) is 13.9. The van der Waals surface area contributed by atoms with Crippen LogP contribution in [-0.4, -0.2) is 15.0 Å². The molecule has 0 aliphatic rings. The van der Waals surface area contributed by atoms with Gasteiger partial charge in [-0.05, 0) is 18.2 Å². The Hall–Kier alpha value is -2.29. The lowest BCUT2D eigenvalue weighted by Crippen LogP contribution is -1.73. The van der Waals surface area contributed by atoms with Crippen LogP contribution in [0.5, 0.6) is 0 Å². The summed E-state index contributed by atoms with van der Waals surface area (Å²) in [5.41, 5.74) is 1.06. The highest BCUT2D eigenvalue weighted by Gasteiger charge is 1.86. The van der Waals surface area contributed by atoms with Gasteiger partial charge in [0.15, 0.2) is 0 Å². The van der Waals surface area contributed by atoms with Crippen molar-refractivity contribution in [1.29, 1.82) is 0 Å². The predicted molar refractivity (Wildman–Crippen MR) is 63.8 cm³/mol. The maximum Gasteiger partial charge on any atom is 0.115 e. The van der Waals surface area contributed by atoms with E-state index in [1.165, 1.54) is 11.7 Å². The molecule has 0 fully saturated rings. The molecule has 0 radical (unpaired) electrons. The molecular weight excluding hydrogens is 198 g/mol. The lowest BCUT2D eigenvalue weighted by atomic mass is 10.2. The largest absolute Gasteiger partial charge is 0.256 e. The molecule has 2 heterocycles. The smallest absolute Gasteiger partial charge is 0.115 e. The first-order valence-corrected chi connectivity index (χ1v) is 4.96. The van der Waals surface area contributed by atoms with Gasteiger partial charge in [0.05, 0.1) is 5.52 Å². The van der Waals surface area contributed by atoms with E-state index in [0.29, 0.717) is 0 Å². The third-order valence-corrected chi connectivity index (χ3v) is 1.99. The third-order valence-electron chi connectivity index (χ3n) is 1.99. The Balaban J connectivity index is 0.000000138. The molecule has 0 N–H and O–H groups in total. The summed E-state index contributed by atoms with van der Waals surface area (Å²) in [6.07, 6.45) is 6.68. The van der Waals surface area contributed by atoms with E-state index < -0.39 is 0 Å². The summed E-state index contributed by atoms with van der Waals surface area (Å²) in [5.74, 6) is 0. The van der Waals surface area contributed by atoms with Crippen LogP contribution < -0.4 is 0 Å². The lowest BCUT2D eigenvalue weighted by Gasteiger charge is -1.91. The van der Waals surface area contributed by atoms with Crippen molar-refractivity contribution in [1.82, 2.24) is 15.0 Å². The summed E-state index contributed by atoms with van der Waals surface area (Å²) < 4.78 is 0. The Labute approximate surface area is 93.8 Å². The minimum atomic E-state index is 1.06. The van der Waals surface area contributed by atoms with Crippen molar-refractivity contribution in [3.8, 4) is 0 Å². The first-order chi connectivity index (χ1) is 7.97. The van der Waals surface area contributed by atoms with Gasteiger partial charge >= 0.3 is 0 Å². The summed E-state index contributed by atoms with van der Waals surface area (Å²) in [6.45, 7) is 0. The molecule has 0 bridgehead atoms. The summed E-state index contributed by atoms with van der Waals surface area (Å²) in [7, 11) is 0. The van der Waals surface area contributed by atoms with Crippen LogP contribution in [0.1, 0.15) is 0 Å². The van der Waals surface area contributed by atoms with E-state index in [4.69, 9.17) is 0 Å². The van der Waals surface area contributed by atoms with E-state index >= 15 is 0 Å². The fourth-order valence-corrected chi connectivity index (χ4v) is 1.27. The van der Waals surface area contributed by atoms with Gasteiger partial charge in [-0.1, -0.05) is 24.3 Å². The molecule has 3 rings (SSSR count). The van der Waals surface area contributed by atoms with Crippen molar-refractivity contribution in [2.24, 2.45) is 0 Å². The highest BCUT2D eigenvalue weighted by atomic mass is 14.8. The number of aromatic nitrogens is 3. The second-order valence-electron chi connectivity index (χ2n) is 3.10. The van der Waals surface area contributed by atoms with Gasteiger partial charge in [0, 0.05) is 24.0 Å². The van der Waals surface area contributed by atoms with Gasteiger partial charge in [0.1, 0.15) is 6.33 Å². The molecule has 2 aromatic heterocycles. The Kier molecular flexibility index (Phi) is 3.55. The first-order valence-electron chi connectivity index (χ1n) is 4.96. The van der Waals surface area contributed by atoms with E-state index in [1.807, 2.05) is 30.5 Å². The van der Waals surface area contributed by atoms with Gasteiger partial charge in [0.2, 0.25) is 0 Å². The van der Waals surface area contributed by atoms with Gasteiger partial charge in [0.25, 0.3) is 0 Å². The summed E-state index contributed by atoms with van der Waals surface area (Å²) in [4.78, 5) is 11.5. The molecule has 0 aliphatic carbocycles. The van der Waals surface area contributed by atoms with Gasteiger partial charge in [-0.3, -0.25) is 4.98 Å². The van der Waals surface area contributed by atoms with Gasteiger partial charge < -0.3 is 0 Å². The standard InChI is InChI=1S/C9H7N.C4H4N2/c1-2-6-9-8(4-1)5-3-7-10-9;1-2-5-4-6-3-1/h1-7H;1-4H. The van der Waals surface area contributed by atoms with E-state index in [2.05, 4.69) is 27.1 Å². The number of rotatable bonds is 0. The third kappa shape index (κ3) is 2.85. The number of hydrogen-bond acceptors (Lipinski definition) is 3. The molecule has 0 aliphatic heterocycles. The molecule has 78 valence electrons. The van der Waals surface area contributed by atoms with Crippen LogP contribution in [-0.2, 0) is 0 Å². The molecule has 3 heteroatoms. The zero-order valence-corrected chi connectivity index (χ0v) is 8.69. The molecule has 16 heavy (non-hydrogen) atoms.